The third kappa shape index (κ3) is 2.82. The number of benzene rings is 2. The van der Waals surface area contributed by atoms with Crippen LogP contribution < -0.4 is 15.4 Å². The Morgan fingerprint density at radius 3 is 3.04 bits per heavy atom. The number of carbonyl (C=O) groups excluding carboxylic acids is 1. The average Bonchev–Trinajstić information content (AvgIpc) is 2.61. The first-order valence-electron chi connectivity index (χ1n) is 8.16. The van der Waals surface area contributed by atoms with Gasteiger partial charge in [0.25, 0.3) is 0 Å². The number of anilines is 1. The molecule has 0 saturated heterocycles. The maximum absolute atomic E-state index is 12.7. The molecule has 4 heteroatoms. The summed E-state index contributed by atoms with van der Waals surface area (Å²) in [6, 6.07) is 14.0. The lowest BCUT2D eigenvalue weighted by molar-refractivity contribution is -0.118. The van der Waals surface area contributed by atoms with Gasteiger partial charge in [-0.3, -0.25) is 4.79 Å². The Morgan fingerprint density at radius 2 is 2.09 bits per heavy atom. The van der Waals surface area contributed by atoms with Crippen molar-refractivity contribution in [3.8, 4) is 5.75 Å². The molecule has 2 aliphatic heterocycles. The number of ether oxygens (including phenoxy) is 1. The molecule has 2 aromatic carbocycles. The predicted octanol–water partition coefficient (Wildman–Crippen LogP) is 2.84. The zero-order valence-corrected chi connectivity index (χ0v) is 13.0. The molecule has 2 N–H and O–H groups in total. The highest BCUT2D eigenvalue weighted by molar-refractivity contribution is 5.96. The Balaban J connectivity index is 1.55. The van der Waals surface area contributed by atoms with E-state index in [0.29, 0.717) is 6.61 Å². The highest BCUT2D eigenvalue weighted by Gasteiger charge is 2.27. The van der Waals surface area contributed by atoms with Crippen LogP contribution in [0, 0.1) is 0 Å². The molecule has 0 aromatic heterocycles. The smallest absolute Gasteiger partial charge is 0.232 e. The van der Waals surface area contributed by atoms with Crippen LogP contribution in [0.5, 0.6) is 5.75 Å². The molecule has 4 rings (SSSR count). The van der Waals surface area contributed by atoms with Crippen molar-refractivity contribution in [3.05, 3.63) is 59.2 Å². The fourth-order valence-corrected chi connectivity index (χ4v) is 3.40. The Morgan fingerprint density at radius 1 is 1.17 bits per heavy atom. The Kier molecular flexibility index (Phi) is 3.75. The van der Waals surface area contributed by atoms with Crippen molar-refractivity contribution in [1.82, 2.24) is 5.32 Å². The minimum Gasteiger partial charge on any atom is -0.493 e. The van der Waals surface area contributed by atoms with E-state index in [1.54, 1.807) is 0 Å². The zero-order chi connectivity index (χ0) is 15.6. The molecule has 4 nitrogen and oxygen atoms in total. The molecule has 0 bridgehead atoms. The van der Waals surface area contributed by atoms with Gasteiger partial charge < -0.3 is 15.4 Å². The van der Waals surface area contributed by atoms with Crippen LogP contribution in [0.25, 0.3) is 0 Å². The summed E-state index contributed by atoms with van der Waals surface area (Å²) in [6.07, 6.45) is 1.77. The summed E-state index contributed by atoms with van der Waals surface area (Å²) in [5.74, 6) is 0.729. The number of rotatable bonds is 2. The second kappa shape index (κ2) is 6.05. The van der Waals surface area contributed by atoms with E-state index < -0.39 is 0 Å². The minimum atomic E-state index is -0.144. The summed E-state index contributed by atoms with van der Waals surface area (Å²) >= 11 is 0. The van der Waals surface area contributed by atoms with E-state index in [1.165, 1.54) is 11.1 Å². The van der Waals surface area contributed by atoms with Crippen LogP contribution in [-0.2, 0) is 17.8 Å². The van der Waals surface area contributed by atoms with Gasteiger partial charge in [0.2, 0.25) is 5.91 Å². The molecular weight excluding hydrogens is 288 g/mol. The van der Waals surface area contributed by atoms with Crippen LogP contribution in [0.2, 0.25) is 0 Å². The predicted molar refractivity (Wildman–Crippen MR) is 89.8 cm³/mol. The van der Waals surface area contributed by atoms with E-state index in [-0.39, 0.29) is 11.8 Å². The largest absolute Gasteiger partial charge is 0.493 e. The van der Waals surface area contributed by atoms with Gasteiger partial charge in [-0.2, -0.15) is 0 Å². The number of amides is 1. The third-order valence-corrected chi connectivity index (χ3v) is 4.64. The minimum absolute atomic E-state index is 0.0458. The highest BCUT2D eigenvalue weighted by atomic mass is 16.5. The highest BCUT2D eigenvalue weighted by Crippen LogP contribution is 2.34. The summed E-state index contributed by atoms with van der Waals surface area (Å²) in [5, 5.41) is 6.45. The van der Waals surface area contributed by atoms with Crippen LogP contribution in [0.3, 0.4) is 0 Å². The molecule has 2 aromatic rings. The van der Waals surface area contributed by atoms with E-state index in [1.807, 2.05) is 30.3 Å². The molecule has 23 heavy (non-hydrogen) atoms. The second-order valence-corrected chi connectivity index (χ2v) is 6.13. The first kappa shape index (κ1) is 14.3. The molecule has 1 unspecified atom stereocenters. The summed E-state index contributed by atoms with van der Waals surface area (Å²) in [6.45, 7) is 2.49. The third-order valence-electron chi connectivity index (χ3n) is 4.64. The fourth-order valence-electron chi connectivity index (χ4n) is 3.40. The Labute approximate surface area is 135 Å². The van der Waals surface area contributed by atoms with E-state index in [4.69, 9.17) is 4.74 Å². The van der Waals surface area contributed by atoms with Gasteiger partial charge in [0, 0.05) is 17.8 Å². The molecule has 0 spiro atoms. The molecule has 2 aliphatic rings. The monoisotopic (exact) mass is 308 g/mol. The first-order chi connectivity index (χ1) is 11.3. The van der Waals surface area contributed by atoms with E-state index in [9.17, 15) is 4.79 Å². The van der Waals surface area contributed by atoms with Gasteiger partial charge in [0.05, 0.1) is 12.5 Å². The number of carbonyl (C=O) groups is 1. The molecule has 2 heterocycles. The molecule has 0 radical (unpaired) electrons. The van der Waals surface area contributed by atoms with E-state index >= 15 is 0 Å². The molecular formula is C19H20N2O2. The molecule has 1 atom stereocenters. The van der Waals surface area contributed by atoms with Gasteiger partial charge in [0.15, 0.2) is 0 Å². The normalized spacial score (nSPS) is 19.2. The Hall–Kier alpha value is -2.33. The lowest BCUT2D eigenvalue weighted by Crippen LogP contribution is -2.27. The maximum atomic E-state index is 12.7. The maximum Gasteiger partial charge on any atom is 0.232 e. The van der Waals surface area contributed by atoms with E-state index in [2.05, 4.69) is 22.8 Å². The van der Waals surface area contributed by atoms with Crippen molar-refractivity contribution in [1.29, 1.82) is 0 Å². The zero-order valence-electron chi connectivity index (χ0n) is 13.0. The number of hydrogen-bond acceptors (Lipinski definition) is 3. The number of para-hydroxylation sites is 1. The van der Waals surface area contributed by atoms with Crippen LogP contribution in [-0.4, -0.2) is 19.1 Å². The van der Waals surface area contributed by atoms with Crippen LogP contribution >= 0.6 is 0 Å². The van der Waals surface area contributed by atoms with Gasteiger partial charge in [-0.05, 0) is 48.7 Å². The van der Waals surface area contributed by atoms with E-state index in [0.717, 1.165) is 42.9 Å². The van der Waals surface area contributed by atoms with Crippen molar-refractivity contribution in [2.24, 2.45) is 0 Å². The second-order valence-electron chi connectivity index (χ2n) is 6.13. The van der Waals surface area contributed by atoms with Gasteiger partial charge in [0.1, 0.15) is 5.75 Å². The van der Waals surface area contributed by atoms with Crippen molar-refractivity contribution < 1.29 is 9.53 Å². The standard InChI is InChI=1S/C19H20N2O2/c22-19(17-8-10-23-18-4-2-1-3-16(17)18)21-15-6-5-13-7-9-20-12-14(13)11-15/h1-6,11,17,20H,7-10,12H2,(H,21,22). The van der Waals surface area contributed by atoms with Crippen LogP contribution in [0.1, 0.15) is 29.0 Å². The van der Waals surface area contributed by atoms with Gasteiger partial charge in [-0.25, -0.2) is 0 Å². The lowest BCUT2D eigenvalue weighted by Gasteiger charge is -2.25. The van der Waals surface area contributed by atoms with Crippen LogP contribution in [0.15, 0.2) is 42.5 Å². The average molecular weight is 308 g/mol. The SMILES string of the molecule is O=C(Nc1ccc2c(c1)CNCC2)C1CCOc2ccccc21. The quantitative estimate of drug-likeness (QED) is 0.897. The molecule has 1 amide bonds. The lowest BCUT2D eigenvalue weighted by atomic mass is 9.92. The molecule has 118 valence electrons. The summed E-state index contributed by atoms with van der Waals surface area (Å²) in [4.78, 5) is 12.7. The van der Waals surface area contributed by atoms with Crippen LogP contribution in [0.4, 0.5) is 5.69 Å². The number of fused-ring (bicyclic) bond motifs is 2. The summed E-state index contributed by atoms with van der Waals surface area (Å²) in [7, 11) is 0. The molecule has 0 saturated carbocycles. The topological polar surface area (TPSA) is 50.4 Å². The van der Waals surface area contributed by atoms with Gasteiger partial charge in [-0.15, -0.1) is 0 Å². The summed E-state index contributed by atoms with van der Waals surface area (Å²) in [5.41, 5.74) is 4.51. The molecule has 0 aliphatic carbocycles. The van der Waals surface area contributed by atoms with Gasteiger partial charge in [-0.1, -0.05) is 24.3 Å². The van der Waals surface area contributed by atoms with Crippen molar-refractivity contribution in [3.63, 3.8) is 0 Å². The summed E-state index contributed by atoms with van der Waals surface area (Å²) < 4.78 is 5.64. The number of nitrogens with one attached hydrogen (secondary N) is 2. The Bertz CT molecular complexity index is 742. The van der Waals surface area contributed by atoms with Crippen molar-refractivity contribution >= 4 is 11.6 Å². The molecule has 0 fully saturated rings. The number of hydrogen-bond donors (Lipinski definition) is 2. The van der Waals surface area contributed by atoms with Crippen molar-refractivity contribution in [2.75, 3.05) is 18.5 Å². The fraction of sp³-hybridized carbons (Fsp3) is 0.316. The van der Waals surface area contributed by atoms with Gasteiger partial charge >= 0.3 is 0 Å². The van der Waals surface area contributed by atoms with Crippen molar-refractivity contribution in [2.45, 2.75) is 25.3 Å². The first-order valence-corrected chi connectivity index (χ1v) is 8.16.